The summed E-state index contributed by atoms with van der Waals surface area (Å²) in [6.07, 6.45) is 1.37. The van der Waals surface area contributed by atoms with Crippen molar-refractivity contribution in [1.29, 1.82) is 0 Å². The SMILES string of the molecule is CC.CC(C)S.CCC.COCc1c(C(O)C=O)cc2n(c1=O)CC1=C(C3(C)CC(C)(NC(=O)C(C)NC(=O)CN)C3)c3cc4c(cc3NC12)OCO4. The van der Waals surface area contributed by atoms with Crippen LogP contribution in [0.1, 0.15) is 116 Å². The first-order valence-electron chi connectivity index (χ1n) is 18.4. The lowest BCUT2D eigenvalue weighted by Crippen LogP contribution is -2.62. The van der Waals surface area contributed by atoms with Gasteiger partial charge in [0.05, 0.1) is 19.2 Å². The number of nitrogens with zero attached hydrogens (tertiary/aromatic N) is 1. The normalized spacial score (nSPS) is 22.3. The number of carbonyl (C=O) groups is 3. The summed E-state index contributed by atoms with van der Waals surface area (Å²) >= 11 is 3.97. The number of aldehydes is 1. The number of hydrogen-bond acceptors (Lipinski definition) is 11. The van der Waals surface area contributed by atoms with Gasteiger partial charge < -0.3 is 50.4 Å². The number of hydrogen-bond donors (Lipinski definition) is 6. The average Bonchev–Trinajstić information content (AvgIpc) is 3.71. The molecule has 1 aliphatic carbocycles. The fourth-order valence-corrected chi connectivity index (χ4v) is 7.60. The number of fused-ring (bicyclic) bond motifs is 5. The molecule has 1 aromatic carbocycles. The molecule has 1 saturated carbocycles. The van der Waals surface area contributed by atoms with Gasteiger partial charge in [-0.05, 0) is 60.6 Å². The van der Waals surface area contributed by atoms with Gasteiger partial charge in [-0.1, -0.05) is 54.9 Å². The highest BCUT2D eigenvalue weighted by atomic mass is 32.1. The third-order valence-electron chi connectivity index (χ3n) is 9.12. The van der Waals surface area contributed by atoms with Crippen LogP contribution in [0.25, 0.3) is 5.57 Å². The molecule has 13 nitrogen and oxygen atoms in total. The number of methoxy groups -OCH3 is 1. The molecule has 6 rings (SSSR count). The van der Waals surface area contributed by atoms with Gasteiger partial charge in [-0.25, -0.2) is 0 Å². The predicted molar refractivity (Wildman–Crippen MR) is 210 cm³/mol. The van der Waals surface area contributed by atoms with Crippen LogP contribution in [0.5, 0.6) is 11.5 Å². The fourth-order valence-electron chi connectivity index (χ4n) is 7.60. The lowest BCUT2D eigenvalue weighted by atomic mass is 9.53. The van der Waals surface area contributed by atoms with Crippen molar-refractivity contribution < 1.29 is 33.7 Å². The third-order valence-corrected chi connectivity index (χ3v) is 9.12. The summed E-state index contributed by atoms with van der Waals surface area (Å²) in [5.41, 5.74) is 8.93. The molecular weight excluding hydrogens is 699 g/mol. The van der Waals surface area contributed by atoms with Crippen LogP contribution in [-0.4, -0.2) is 65.1 Å². The third kappa shape index (κ3) is 9.45. The van der Waals surface area contributed by atoms with E-state index in [1.807, 2.05) is 46.8 Å². The first-order valence-corrected chi connectivity index (χ1v) is 18.9. The molecule has 2 amide bonds. The lowest BCUT2D eigenvalue weighted by molar-refractivity contribution is -0.130. The molecule has 14 heteroatoms. The number of nitrogens with two attached hydrogens (primary N) is 1. The number of thiol groups is 1. The molecule has 3 unspecified atom stereocenters. The Labute approximate surface area is 318 Å². The van der Waals surface area contributed by atoms with Gasteiger partial charge in [0.1, 0.15) is 12.1 Å². The van der Waals surface area contributed by atoms with Gasteiger partial charge in [0.25, 0.3) is 5.56 Å². The van der Waals surface area contributed by atoms with Gasteiger partial charge >= 0.3 is 0 Å². The molecule has 1 aromatic heterocycles. The summed E-state index contributed by atoms with van der Waals surface area (Å²) in [6.45, 7) is 18.2. The maximum Gasteiger partial charge on any atom is 0.257 e. The number of carbonyl (C=O) groups excluding carboxylic acids is 3. The van der Waals surface area contributed by atoms with Crippen LogP contribution in [-0.2, 0) is 32.3 Å². The van der Waals surface area contributed by atoms with Crippen molar-refractivity contribution in [2.45, 2.75) is 124 Å². The maximum atomic E-state index is 13.8. The zero-order chi connectivity index (χ0) is 39.8. The van der Waals surface area contributed by atoms with Crippen molar-refractivity contribution in [2.24, 2.45) is 11.1 Å². The highest BCUT2D eigenvalue weighted by Crippen LogP contribution is 2.62. The maximum absolute atomic E-state index is 13.8. The second-order valence-electron chi connectivity index (χ2n) is 14.4. The van der Waals surface area contributed by atoms with Gasteiger partial charge in [0.2, 0.25) is 18.6 Å². The zero-order valence-corrected chi connectivity index (χ0v) is 33.7. The van der Waals surface area contributed by atoms with E-state index in [0.717, 1.165) is 22.4 Å². The summed E-state index contributed by atoms with van der Waals surface area (Å²) < 4.78 is 18.3. The number of aliphatic hydroxyl groups is 1. The van der Waals surface area contributed by atoms with Crippen molar-refractivity contribution in [3.8, 4) is 11.5 Å². The second kappa shape index (κ2) is 18.5. The molecule has 0 spiro atoms. The molecule has 0 radical (unpaired) electrons. The summed E-state index contributed by atoms with van der Waals surface area (Å²) in [6, 6.07) is 4.40. The Kier molecular flexibility index (Phi) is 15.2. The summed E-state index contributed by atoms with van der Waals surface area (Å²) in [7, 11) is 1.45. The Bertz CT molecular complexity index is 1730. The number of rotatable bonds is 9. The van der Waals surface area contributed by atoms with Gasteiger partial charge in [-0.3, -0.25) is 14.4 Å². The van der Waals surface area contributed by atoms with Gasteiger partial charge in [0, 0.05) is 53.3 Å². The Balaban J connectivity index is 0.000000765. The van der Waals surface area contributed by atoms with Crippen LogP contribution in [0.15, 0.2) is 28.6 Å². The molecule has 53 heavy (non-hydrogen) atoms. The number of anilines is 1. The first kappa shape index (κ1) is 43.6. The van der Waals surface area contributed by atoms with Crippen LogP contribution in [0.4, 0.5) is 5.69 Å². The molecule has 294 valence electrons. The summed E-state index contributed by atoms with van der Waals surface area (Å²) in [5, 5.41) is 20.3. The largest absolute Gasteiger partial charge is 0.454 e. The van der Waals surface area contributed by atoms with E-state index in [-0.39, 0.29) is 42.5 Å². The van der Waals surface area contributed by atoms with Crippen molar-refractivity contribution in [1.82, 2.24) is 15.2 Å². The van der Waals surface area contributed by atoms with Gasteiger partial charge in [0.15, 0.2) is 17.8 Å². The Morgan fingerprint density at radius 1 is 1.15 bits per heavy atom. The van der Waals surface area contributed by atoms with E-state index in [2.05, 4.69) is 49.4 Å². The van der Waals surface area contributed by atoms with Crippen LogP contribution in [0, 0.1) is 5.41 Å². The smallest absolute Gasteiger partial charge is 0.257 e. The van der Waals surface area contributed by atoms with E-state index in [1.165, 1.54) is 13.5 Å². The molecular formula is C39H59N5O8S. The van der Waals surface area contributed by atoms with E-state index in [0.29, 0.717) is 48.1 Å². The number of pyridine rings is 1. The number of amides is 2. The highest BCUT2D eigenvalue weighted by Gasteiger charge is 2.55. The van der Waals surface area contributed by atoms with Crippen LogP contribution in [0.3, 0.4) is 0 Å². The lowest BCUT2D eigenvalue weighted by Gasteiger charge is -2.56. The van der Waals surface area contributed by atoms with Crippen LogP contribution >= 0.6 is 12.6 Å². The van der Waals surface area contributed by atoms with Crippen molar-refractivity contribution in [2.75, 3.05) is 25.8 Å². The predicted octanol–water partition coefficient (Wildman–Crippen LogP) is 4.80. The van der Waals surface area contributed by atoms with Crippen LogP contribution < -0.4 is 36.7 Å². The number of aliphatic hydroxyl groups excluding tert-OH is 1. The molecule has 0 saturated heterocycles. The molecule has 2 aromatic rings. The van der Waals surface area contributed by atoms with Crippen molar-refractivity contribution in [3.63, 3.8) is 0 Å². The minimum Gasteiger partial charge on any atom is -0.454 e. The van der Waals surface area contributed by atoms with Gasteiger partial charge in [-0.2, -0.15) is 12.6 Å². The highest BCUT2D eigenvalue weighted by molar-refractivity contribution is 7.80. The van der Waals surface area contributed by atoms with E-state index < -0.39 is 35.0 Å². The first-order chi connectivity index (χ1) is 25.1. The monoisotopic (exact) mass is 757 g/mol. The van der Waals surface area contributed by atoms with E-state index in [9.17, 15) is 24.3 Å². The quantitative estimate of drug-likeness (QED) is 0.154. The van der Waals surface area contributed by atoms with E-state index >= 15 is 0 Å². The summed E-state index contributed by atoms with van der Waals surface area (Å²) in [5.74, 6) is 0.517. The number of aromatic nitrogens is 1. The van der Waals surface area contributed by atoms with Crippen molar-refractivity contribution in [3.05, 3.63) is 56.5 Å². The van der Waals surface area contributed by atoms with Crippen LogP contribution in [0.2, 0.25) is 0 Å². The Morgan fingerprint density at radius 2 is 1.74 bits per heavy atom. The molecule has 1 fully saturated rings. The number of benzene rings is 1. The second-order valence-corrected chi connectivity index (χ2v) is 15.4. The number of nitrogens with one attached hydrogen (secondary N) is 3. The van der Waals surface area contributed by atoms with E-state index in [4.69, 9.17) is 19.9 Å². The van der Waals surface area contributed by atoms with Crippen molar-refractivity contribution >= 4 is 42.0 Å². The minimum absolute atomic E-state index is 0.0507. The van der Waals surface area contributed by atoms with E-state index in [1.54, 1.807) is 17.6 Å². The van der Waals surface area contributed by atoms with Gasteiger partial charge in [-0.15, -0.1) is 0 Å². The molecule has 4 heterocycles. The standard InChI is InChI=1S/C31H37N5O8.C3H8S.C3H8.C2H6/c1-15(33-25(39)8-32)28(40)35-31(3)12-30(2,13-31)26-17-6-23-24(44-14-43-23)7-20(17)34-27-18(26)9-36-21(27)5-16(22(38)10-37)19(11-42-4)29(36)41;1-3(2)4;1-3-2;1-2/h5-7,10,15,22,27,34,38H,8-9,11-14,32H2,1-4H3,(H,33,39)(H,35,40);3-4H,1-2H3;3H2,1-2H3;1-2H3. The molecule has 6 N–H and O–H groups in total. The molecule has 3 aliphatic heterocycles. The molecule has 3 atom stereocenters. The molecule has 4 aliphatic rings. The summed E-state index contributed by atoms with van der Waals surface area (Å²) in [4.78, 5) is 50.1. The molecule has 0 bridgehead atoms. The zero-order valence-electron chi connectivity index (χ0n) is 32.8. The Hall–Kier alpha value is -3.85. The Morgan fingerprint density at radius 3 is 2.28 bits per heavy atom. The minimum atomic E-state index is -1.47. The number of ether oxygens (including phenoxy) is 3. The number of allylic oxidation sites excluding steroid dienone is 1. The topological polar surface area (TPSA) is 183 Å². The average molecular weight is 758 g/mol. The fraction of sp³-hybridized carbons (Fsp3) is 0.590.